The molecule has 1 saturated carbocycles. The van der Waals surface area contributed by atoms with Gasteiger partial charge in [-0.15, -0.1) is 0 Å². The van der Waals surface area contributed by atoms with Crippen molar-refractivity contribution in [2.75, 3.05) is 18.5 Å². The molecule has 2 aromatic rings. The van der Waals surface area contributed by atoms with Crippen LogP contribution in [0.15, 0.2) is 24.4 Å². The molecule has 34 heavy (non-hydrogen) atoms. The van der Waals surface area contributed by atoms with Crippen LogP contribution in [0, 0.1) is 0 Å². The standard InChI is InChI=1S/C25H30ClN5O3/c1-15(23(32)28-18-4-2-3-5-18)31-14-17-7-6-16(12-20(17)24(31)33)22-21(26)13-27-25(30-22)29-19-8-10-34-11-9-19/h6-7,12-13,15,18-19H,2-5,8-11,14H2,1H3,(H,28,32)(H,27,29,30)/t15-/m1/s1. The molecular formula is C25H30ClN5O3. The van der Waals surface area contributed by atoms with E-state index in [0.29, 0.717) is 28.8 Å². The van der Waals surface area contributed by atoms with Crippen molar-refractivity contribution in [3.8, 4) is 11.3 Å². The molecule has 3 aliphatic rings. The average molecular weight is 484 g/mol. The van der Waals surface area contributed by atoms with Gasteiger partial charge in [-0.25, -0.2) is 9.97 Å². The lowest BCUT2D eigenvalue weighted by molar-refractivity contribution is -0.125. The summed E-state index contributed by atoms with van der Waals surface area (Å²) in [5.74, 6) is 0.282. The summed E-state index contributed by atoms with van der Waals surface area (Å²) < 4.78 is 5.41. The average Bonchev–Trinajstić information content (AvgIpc) is 3.48. The first-order valence-electron chi connectivity index (χ1n) is 12.1. The van der Waals surface area contributed by atoms with Crippen LogP contribution in [0.1, 0.15) is 61.4 Å². The summed E-state index contributed by atoms with van der Waals surface area (Å²) in [6, 6.07) is 5.63. The van der Waals surface area contributed by atoms with Crippen molar-refractivity contribution in [2.45, 2.75) is 70.1 Å². The molecule has 8 nitrogen and oxygen atoms in total. The van der Waals surface area contributed by atoms with Crippen LogP contribution in [-0.2, 0) is 16.1 Å². The molecule has 0 radical (unpaired) electrons. The van der Waals surface area contributed by atoms with Crippen LogP contribution in [0.25, 0.3) is 11.3 Å². The minimum Gasteiger partial charge on any atom is -0.381 e. The monoisotopic (exact) mass is 483 g/mol. The van der Waals surface area contributed by atoms with E-state index >= 15 is 0 Å². The molecule has 1 atom stereocenters. The van der Waals surface area contributed by atoms with Gasteiger partial charge in [0, 0.05) is 43.0 Å². The molecule has 1 aliphatic carbocycles. The molecule has 2 aliphatic heterocycles. The third-order valence-electron chi connectivity index (χ3n) is 7.06. The molecule has 2 fully saturated rings. The first-order valence-corrected chi connectivity index (χ1v) is 12.5. The highest BCUT2D eigenvalue weighted by Gasteiger charge is 2.35. The summed E-state index contributed by atoms with van der Waals surface area (Å²) in [7, 11) is 0. The number of hydrogen-bond acceptors (Lipinski definition) is 6. The Morgan fingerprint density at radius 2 is 1.94 bits per heavy atom. The van der Waals surface area contributed by atoms with E-state index in [4.69, 9.17) is 16.3 Å². The molecule has 5 rings (SSSR count). The summed E-state index contributed by atoms with van der Waals surface area (Å²) >= 11 is 6.44. The predicted octanol–water partition coefficient (Wildman–Crippen LogP) is 3.79. The van der Waals surface area contributed by atoms with Gasteiger partial charge >= 0.3 is 0 Å². The number of nitrogens with one attached hydrogen (secondary N) is 2. The first-order chi connectivity index (χ1) is 16.5. The zero-order valence-corrected chi connectivity index (χ0v) is 20.1. The molecule has 0 spiro atoms. The zero-order valence-electron chi connectivity index (χ0n) is 19.3. The van der Waals surface area contributed by atoms with Crippen molar-refractivity contribution in [3.05, 3.63) is 40.5 Å². The van der Waals surface area contributed by atoms with E-state index in [9.17, 15) is 9.59 Å². The van der Waals surface area contributed by atoms with Crippen LogP contribution in [0.4, 0.5) is 5.95 Å². The molecule has 3 heterocycles. The predicted molar refractivity (Wildman–Crippen MR) is 130 cm³/mol. The highest BCUT2D eigenvalue weighted by Crippen LogP contribution is 2.32. The van der Waals surface area contributed by atoms with Gasteiger partial charge in [0.15, 0.2) is 0 Å². The van der Waals surface area contributed by atoms with Gasteiger partial charge in [0.05, 0.1) is 16.9 Å². The van der Waals surface area contributed by atoms with Crippen molar-refractivity contribution < 1.29 is 14.3 Å². The number of rotatable bonds is 6. The van der Waals surface area contributed by atoms with E-state index in [1.807, 2.05) is 18.2 Å². The Kier molecular flexibility index (Phi) is 6.70. The molecule has 1 aromatic carbocycles. The second-order valence-corrected chi connectivity index (χ2v) is 9.80. The van der Waals surface area contributed by atoms with Gasteiger partial charge in [-0.05, 0) is 44.2 Å². The number of ether oxygens (including phenoxy) is 1. The Labute approximate surface area is 204 Å². The number of anilines is 1. The molecule has 9 heteroatoms. The Morgan fingerprint density at radius 1 is 1.18 bits per heavy atom. The van der Waals surface area contributed by atoms with Gasteiger partial charge in [0.25, 0.3) is 5.91 Å². The summed E-state index contributed by atoms with van der Waals surface area (Å²) in [6.45, 7) is 3.66. The topological polar surface area (TPSA) is 96.5 Å². The summed E-state index contributed by atoms with van der Waals surface area (Å²) in [5, 5.41) is 6.89. The summed E-state index contributed by atoms with van der Waals surface area (Å²) in [4.78, 5) is 36.6. The highest BCUT2D eigenvalue weighted by molar-refractivity contribution is 6.33. The molecular weight excluding hydrogens is 454 g/mol. The van der Waals surface area contributed by atoms with Crippen LogP contribution in [0.3, 0.4) is 0 Å². The van der Waals surface area contributed by atoms with Crippen molar-refractivity contribution in [3.63, 3.8) is 0 Å². The number of aromatic nitrogens is 2. The van der Waals surface area contributed by atoms with Gasteiger partial charge in [0.1, 0.15) is 6.04 Å². The van der Waals surface area contributed by atoms with E-state index in [1.54, 1.807) is 18.0 Å². The Balaban J connectivity index is 1.32. The summed E-state index contributed by atoms with van der Waals surface area (Å²) in [5.41, 5.74) is 2.82. The number of halogens is 1. The maximum Gasteiger partial charge on any atom is 0.255 e. The lowest BCUT2D eigenvalue weighted by Crippen LogP contribution is -2.47. The van der Waals surface area contributed by atoms with Crippen LogP contribution in [-0.4, -0.2) is 58.0 Å². The van der Waals surface area contributed by atoms with E-state index < -0.39 is 6.04 Å². The number of amides is 2. The van der Waals surface area contributed by atoms with Crippen LogP contribution in [0.5, 0.6) is 0 Å². The van der Waals surface area contributed by atoms with E-state index in [-0.39, 0.29) is 23.9 Å². The Hall–Kier alpha value is -2.71. The molecule has 2 N–H and O–H groups in total. The second-order valence-electron chi connectivity index (χ2n) is 9.39. The van der Waals surface area contributed by atoms with E-state index in [2.05, 4.69) is 20.6 Å². The largest absolute Gasteiger partial charge is 0.381 e. The second kappa shape index (κ2) is 9.88. The van der Waals surface area contributed by atoms with E-state index in [1.165, 1.54) is 0 Å². The molecule has 0 unspecified atom stereocenters. The van der Waals surface area contributed by atoms with Crippen LogP contribution >= 0.6 is 11.6 Å². The maximum atomic E-state index is 13.2. The zero-order chi connectivity index (χ0) is 23.7. The third-order valence-corrected chi connectivity index (χ3v) is 7.34. The number of carbonyl (C=O) groups excluding carboxylic acids is 2. The Morgan fingerprint density at radius 3 is 2.71 bits per heavy atom. The molecule has 1 saturated heterocycles. The van der Waals surface area contributed by atoms with Crippen molar-refractivity contribution in [1.82, 2.24) is 20.2 Å². The fourth-order valence-corrected chi connectivity index (χ4v) is 5.18. The number of benzene rings is 1. The van der Waals surface area contributed by atoms with Gasteiger partial charge in [-0.3, -0.25) is 9.59 Å². The van der Waals surface area contributed by atoms with Crippen molar-refractivity contribution >= 4 is 29.4 Å². The normalized spacial score (nSPS) is 19.8. The lowest BCUT2D eigenvalue weighted by atomic mass is 10.0. The minimum atomic E-state index is -0.526. The maximum absolute atomic E-state index is 13.2. The first kappa shape index (κ1) is 23.1. The van der Waals surface area contributed by atoms with Gasteiger partial charge in [-0.2, -0.15) is 0 Å². The molecule has 1 aromatic heterocycles. The van der Waals surface area contributed by atoms with Gasteiger partial charge < -0.3 is 20.3 Å². The fraction of sp³-hybridized carbons (Fsp3) is 0.520. The lowest BCUT2D eigenvalue weighted by Gasteiger charge is -2.25. The molecule has 180 valence electrons. The van der Waals surface area contributed by atoms with Crippen LogP contribution < -0.4 is 10.6 Å². The third kappa shape index (κ3) is 4.74. The molecule has 0 bridgehead atoms. The smallest absolute Gasteiger partial charge is 0.255 e. The van der Waals surface area contributed by atoms with Crippen LogP contribution in [0.2, 0.25) is 5.02 Å². The van der Waals surface area contributed by atoms with Crippen molar-refractivity contribution in [2.24, 2.45) is 0 Å². The number of hydrogen-bond donors (Lipinski definition) is 2. The fourth-order valence-electron chi connectivity index (χ4n) is 4.98. The SMILES string of the molecule is C[C@H](C(=O)NC1CCCC1)N1Cc2ccc(-c3nc(NC4CCOCC4)ncc3Cl)cc2C1=O. The highest BCUT2D eigenvalue weighted by atomic mass is 35.5. The number of fused-ring (bicyclic) bond motifs is 1. The van der Waals surface area contributed by atoms with Crippen molar-refractivity contribution in [1.29, 1.82) is 0 Å². The number of nitrogens with zero attached hydrogens (tertiary/aromatic N) is 3. The quantitative estimate of drug-likeness (QED) is 0.649. The minimum absolute atomic E-state index is 0.0871. The van der Waals surface area contributed by atoms with E-state index in [0.717, 1.165) is 62.9 Å². The Bertz CT molecular complexity index is 1080. The molecule has 2 amide bonds. The van der Waals surface area contributed by atoms with Gasteiger partial charge in [-0.1, -0.05) is 36.6 Å². The van der Waals surface area contributed by atoms with Gasteiger partial charge in [0.2, 0.25) is 11.9 Å². The number of carbonyl (C=O) groups is 2. The summed E-state index contributed by atoms with van der Waals surface area (Å²) in [6.07, 6.45) is 7.71.